The predicted molar refractivity (Wildman–Crippen MR) is 73.7 cm³/mol. The first-order chi connectivity index (χ1) is 9.04. The summed E-state index contributed by atoms with van der Waals surface area (Å²) in [5, 5.41) is 5.18. The summed E-state index contributed by atoms with van der Waals surface area (Å²) in [5.74, 6) is 0.519. The molecular formula is C11H20N4O3S. The van der Waals surface area contributed by atoms with E-state index in [2.05, 4.69) is 10.6 Å². The number of rotatable bonds is 5. The quantitative estimate of drug-likeness (QED) is 0.611. The Hall–Kier alpha value is -1.44. The molecule has 7 nitrogen and oxygen atoms in total. The van der Waals surface area contributed by atoms with Crippen molar-refractivity contribution in [1.29, 1.82) is 0 Å². The Bertz CT molecular complexity index is 351. The van der Waals surface area contributed by atoms with Crippen LogP contribution in [-0.2, 0) is 9.59 Å². The topological polar surface area (TPSA) is 105 Å². The first-order valence-corrected chi connectivity index (χ1v) is 7.54. The summed E-state index contributed by atoms with van der Waals surface area (Å²) in [5.41, 5.74) is 5.09. The maximum absolute atomic E-state index is 12.3. The van der Waals surface area contributed by atoms with E-state index in [0.29, 0.717) is 26.1 Å². The number of amides is 4. The molecule has 1 unspecified atom stereocenters. The van der Waals surface area contributed by atoms with E-state index in [9.17, 15) is 14.4 Å². The summed E-state index contributed by atoms with van der Waals surface area (Å²) >= 11 is 1.60. The van der Waals surface area contributed by atoms with Crippen LogP contribution in [0.4, 0.5) is 4.79 Å². The van der Waals surface area contributed by atoms with Gasteiger partial charge in [0.15, 0.2) is 0 Å². The van der Waals surface area contributed by atoms with Gasteiger partial charge in [0.1, 0.15) is 6.04 Å². The van der Waals surface area contributed by atoms with Gasteiger partial charge in [-0.2, -0.15) is 11.8 Å². The van der Waals surface area contributed by atoms with Crippen molar-refractivity contribution < 1.29 is 14.4 Å². The Labute approximate surface area is 116 Å². The van der Waals surface area contributed by atoms with Gasteiger partial charge < -0.3 is 21.3 Å². The van der Waals surface area contributed by atoms with Crippen LogP contribution in [-0.4, -0.2) is 60.4 Å². The highest BCUT2D eigenvalue weighted by Gasteiger charge is 2.26. The molecule has 0 radical (unpaired) electrons. The molecule has 0 saturated carbocycles. The molecule has 1 atom stereocenters. The number of hydrogen-bond acceptors (Lipinski definition) is 4. The molecule has 1 heterocycles. The molecule has 0 aromatic carbocycles. The highest BCUT2D eigenvalue weighted by molar-refractivity contribution is 7.98. The van der Waals surface area contributed by atoms with Crippen LogP contribution < -0.4 is 16.4 Å². The molecule has 1 aliphatic heterocycles. The molecule has 0 aromatic heterocycles. The Balaban J connectivity index is 2.62. The molecule has 4 amide bonds. The van der Waals surface area contributed by atoms with Crippen molar-refractivity contribution in [3.05, 3.63) is 0 Å². The van der Waals surface area contributed by atoms with Gasteiger partial charge in [-0.15, -0.1) is 0 Å². The molecule has 0 aromatic rings. The van der Waals surface area contributed by atoms with Crippen molar-refractivity contribution in [2.75, 3.05) is 31.6 Å². The summed E-state index contributed by atoms with van der Waals surface area (Å²) in [7, 11) is 0. The number of urea groups is 1. The van der Waals surface area contributed by atoms with Crippen molar-refractivity contribution >= 4 is 29.6 Å². The van der Waals surface area contributed by atoms with Gasteiger partial charge in [0.05, 0.1) is 0 Å². The van der Waals surface area contributed by atoms with Crippen LogP contribution in [0.2, 0.25) is 0 Å². The summed E-state index contributed by atoms with van der Waals surface area (Å²) in [6.07, 6.45) is 2.75. The molecule has 108 valence electrons. The second-order valence-corrected chi connectivity index (χ2v) is 5.25. The number of carbonyl (C=O) groups excluding carboxylic acids is 3. The summed E-state index contributed by atoms with van der Waals surface area (Å²) in [6, 6.07) is -1.32. The van der Waals surface area contributed by atoms with Crippen LogP contribution in [0.1, 0.15) is 12.8 Å². The zero-order valence-corrected chi connectivity index (χ0v) is 11.8. The standard InChI is InChI=1S/C11H20N4O3S/c1-19-7-3-8(14-11(12)18)10(17)15-5-2-9(16)13-4-6-15/h8H,2-7H2,1H3,(H,13,16)(H3,12,14,18). The fourth-order valence-corrected chi connectivity index (χ4v) is 2.34. The largest absolute Gasteiger partial charge is 0.354 e. The number of carbonyl (C=O) groups is 3. The lowest BCUT2D eigenvalue weighted by molar-refractivity contribution is -0.133. The molecule has 1 rings (SSSR count). The lowest BCUT2D eigenvalue weighted by Gasteiger charge is -2.25. The maximum Gasteiger partial charge on any atom is 0.312 e. The number of hydrogen-bond donors (Lipinski definition) is 3. The first kappa shape index (κ1) is 15.6. The number of thioether (sulfide) groups is 1. The van der Waals surface area contributed by atoms with Crippen LogP contribution >= 0.6 is 11.8 Å². The third kappa shape index (κ3) is 5.37. The van der Waals surface area contributed by atoms with Crippen LogP contribution in [0.3, 0.4) is 0 Å². The third-order valence-corrected chi connectivity index (χ3v) is 3.49. The zero-order valence-electron chi connectivity index (χ0n) is 11.0. The monoisotopic (exact) mass is 288 g/mol. The third-order valence-electron chi connectivity index (χ3n) is 2.85. The molecule has 1 fully saturated rings. The molecule has 0 aliphatic carbocycles. The highest BCUT2D eigenvalue weighted by atomic mass is 32.2. The molecular weight excluding hydrogens is 268 g/mol. The zero-order chi connectivity index (χ0) is 14.3. The molecule has 0 spiro atoms. The van der Waals surface area contributed by atoms with Crippen LogP contribution in [0.5, 0.6) is 0 Å². The second kappa shape index (κ2) is 7.88. The number of primary amides is 1. The first-order valence-electron chi connectivity index (χ1n) is 6.15. The smallest absolute Gasteiger partial charge is 0.312 e. The van der Waals surface area contributed by atoms with Crippen LogP contribution in [0.15, 0.2) is 0 Å². The molecule has 4 N–H and O–H groups in total. The lowest BCUT2D eigenvalue weighted by Crippen LogP contribution is -2.51. The Kier molecular flexibility index (Phi) is 6.48. The van der Waals surface area contributed by atoms with E-state index in [1.165, 1.54) is 0 Å². The van der Waals surface area contributed by atoms with E-state index in [1.54, 1.807) is 16.7 Å². The summed E-state index contributed by atoms with van der Waals surface area (Å²) < 4.78 is 0. The molecule has 19 heavy (non-hydrogen) atoms. The second-order valence-electron chi connectivity index (χ2n) is 4.27. The molecule has 8 heteroatoms. The summed E-state index contributed by atoms with van der Waals surface area (Å²) in [6.45, 7) is 1.28. The van der Waals surface area contributed by atoms with Gasteiger partial charge in [-0.1, -0.05) is 0 Å². The normalized spacial score (nSPS) is 17.3. The minimum atomic E-state index is -0.705. The lowest BCUT2D eigenvalue weighted by atomic mass is 10.2. The number of nitrogens with zero attached hydrogens (tertiary/aromatic N) is 1. The molecule has 1 saturated heterocycles. The van der Waals surface area contributed by atoms with Gasteiger partial charge in [-0.25, -0.2) is 4.79 Å². The minimum absolute atomic E-state index is 0.0566. The Morgan fingerprint density at radius 3 is 2.89 bits per heavy atom. The van der Waals surface area contributed by atoms with Gasteiger partial charge in [0.25, 0.3) is 0 Å². The van der Waals surface area contributed by atoms with Crippen molar-refractivity contribution in [2.24, 2.45) is 5.73 Å². The fraction of sp³-hybridized carbons (Fsp3) is 0.727. The van der Waals surface area contributed by atoms with E-state index >= 15 is 0 Å². The average Bonchev–Trinajstić information content (AvgIpc) is 2.58. The van der Waals surface area contributed by atoms with Crippen molar-refractivity contribution in [3.8, 4) is 0 Å². The number of nitrogens with two attached hydrogens (primary N) is 1. The van der Waals surface area contributed by atoms with Crippen LogP contribution in [0, 0.1) is 0 Å². The average molecular weight is 288 g/mol. The van der Waals surface area contributed by atoms with Gasteiger partial charge in [-0.05, 0) is 18.4 Å². The maximum atomic E-state index is 12.3. The van der Waals surface area contributed by atoms with Gasteiger partial charge in [0.2, 0.25) is 11.8 Å². The molecule has 1 aliphatic rings. The molecule has 0 bridgehead atoms. The fourth-order valence-electron chi connectivity index (χ4n) is 1.87. The predicted octanol–water partition coefficient (Wildman–Crippen LogP) is -0.875. The van der Waals surface area contributed by atoms with Gasteiger partial charge in [0, 0.05) is 26.1 Å². The van der Waals surface area contributed by atoms with E-state index in [-0.39, 0.29) is 18.2 Å². The van der Waals surface area contributed by atoms with E-state index in [1.807, 2.05) is 6.26 Å². The van der Waals surface area contributed by atoms with Gasteiger partial charge >= 0.3 is 6.03 Å². The van der Waals surface area contributed by atoms with Crippen molar-refractivity contribution in [3.63, 3.8) is 0 Å². The van der Waals surface area contributed by atoms with E-state index < -0.39 is 12.1 Å². The SMILES string of the molecule is CSCCC(NC(N)=O)C(=O)N1CCNC(=O)CC1. The van der Waals surface area contributed by atoms with Gasteiger partial charge in [-0.3, -0.25) is 9.59 Å². The number of nitrogens with one attached hydrogen (secondary N) is 2. The van der Waals surface area contributed by atoms with Crippen molar-refractivity contribution in [2.45, 2.75) is 18.9 Å². The summed E-state index contributed by atoms with van der Waals surface area (Å²) in [4.78, 5) is 36.1. The van der Waals surface area contributed by atoms with E-state index in [4.69, 9.17) is 5.73 Å². The van der Waals surface area contributed by atoms with Crippen molar-refractivity contribution in [1.82, 2.24) is 15.5 Å². The Morgan fingerprint density at radius 1 is 1.53 bits per heavy atom. The van der Waals surface area contributed by atoms with Crippen LogP contribution in [0.25, 0.3) is 0 Å². The van der Waals surface area contributed by atoms with E-state index in [0.717, 1.165) is 5.75 Å². The Morgan fingerprint density at radius 2 is 2.26 bits per heavy atom. The highest BCUT2D eigenvalue weighted by Crippen LogP contribution is 2.06. The minimum Gasteiger partial charge on any atom is -0.354 e.